The van der Waals surface area contributed by atoms with Crippen LogP contribution in [0.4, 0.5) is 0 Å². The van der Waals surface area contributed by atoms with Gasteiger partial charge in [0, 0.05) is 5.56 Å². The number of hydrogen-bond donors (Lipinski definition) is 0. The molecule has 0 aromatic heterocycles. The number of carbonyl (C=O) groups is 2. The molecule has 0 saturated heterocycles. The minimum absolute atomic E-state index is 0.147. The van der Waals surface area contributed by atoms with E-state index in [9.17, 15) is 9.59 Å². The zero-order valence-corrected chi connectivity index (χ0v) is 10.3. The molecule has 0 radical (unpaired) electrons. The quantitative estimate of drug-likeness (QED) is 0.264. The van der Waals surface area contributed by atoms with Gasteiger partial charge in [-0.05, 0) is 20.8 Å². The van der Waals surface area contributed by atoms with Crippen LogP contribution in [0.2, 0.25) is 0 Å². The van der Waals surface area contributed by atoms with Gasteiger partial charge in [-0.25, -0.2) is 4.79 Å². The molecule has 1 aromatic rings. The van der Waals surface area contributed by atoms with Gasteiger partial charge in [-0.15, -0.1) is 0 Å². The van der Waals surface area contributed by atoms with Crippen LogP contribution in [0.15, 0.2) is 42.5 Å². The van der Waals surface area contributed by atoms with Crippen LogP contribution < -0.4 is 0 Å². The minimum atomic E-state index is -0.675. The van der Waals surface area contributed by atoms with Crippen molar-refractivity contribution in [2.24, 2.45) is 0 Å². The van der Waals surface area contributed by atoms with Gasteiger partial charge in [0.25, 0.3) is 0 Å². The third-order valence-corrected chi connectivity index (χ3v) is 1.96. The number of benzene rings is 1. The van der Waals surface area contributed by atoms with Crippen molar-refractivity contribution < 1.29 is 14.3 Å². The van der Waals surface area contributed by atoms with Gasteiger partial charge < -0.3 is 4.74 Å². The number of carbonyl (C=O) groups excluding carboxylic acids is 2. The lowest BCUT2D eigenvalue weighted by molar-refractivity contribution is -0.149. The summed E-state index contributed by atoms with van der Waals surface area (Å²) < 4.78 is 5.08. The second kappa shape index (κ2) is 4.95. The summed E-state index contributed by atoms with van der Waals surface area (Å²) in [6.45, 7) is 8.71. The fraction of sp³-hybridized carbons (Fsp3) is 0.286. The maximum atomic E-state index is 11.9. The van der Waals surface area contributed by atoms with Crippen LogP contribution in [-0.2, 0) is 9.53 Å². The van der Waals surface area contributed by atoms with E-state index >= 15 is 0 Å². The molecule has 0 bridgehead atoms. The van der Waals surface area contributed by atoms with Crippen molar-refractivity contribution in [1.82, 2.24) is 0 Å². The standard InChI is InChI=1S/C14H16O3/c1-10(13(16)17-14(2,3)4)12(15)11-8-6-5-7-9-11/h5-9H,1H2,2-4H3. The van der Waals surface area contributed by atoms with Gasteiger partial charge >= 0.3 is 5.97 Å². The lowest BCUT2D eigenvalue weighted by atomic mass is 10.0. The van der Waals surface area contributed by atoms with E-state index in [0.717, 1.165) is 0 Å². The molecule has 0 unspecified atom stereocenters. The topological polar surface area (TPSA) is 43.4 Å². The first-order valence-corrected chi connectivity index (χ1v) is 5.33. The molecule has 3 nitrogen and oxygen atoms in total. The molecule has 0 heterocycles. The Hall–Kier alpha value is -1.90. The molecule has 17 heavy (non-hydrogen) atoms. The fourth-order valence-electron chi connectivity index (χ4n) is 1.20. The summed E-state index contributed by atoms with van der Waals surface area (Å²) in [6.07, 6.45) is 0. The molecular weight excluding hydrogens is 216 g/mol. The number of ether oxygens (including phenoxy) is 1. The first-order valence-electron chi connectivity index (χ1n) is 5.33. The maximum Gasteiger partial charge on any atom is 0.342 e. The molecule has 0 fully saturated rings. The Labute approximate surface area is 101 Å². The van der Waals surface area contributed by atoms with Crippen LogP contribution in [0.5, 0.6) is 0 Å². The third-order valence-electron chi connectivity index (χ3n) is 1.96. The summed E-state index contributed by atoms with van der Waals surface area (Å²) in [7, 11) is 0. The van der Waals surface area contributed by atoms with Crippen LogP contribution >= 0.6 is 0 Å². The monoisotopic (exact) mass is 232 g/mol. The van der Waals surface area contributed by atoms with Crippen LogP contribution in [0.3, 0.4) is 0 Å². The number of esters is 1. The average Bonchev–Trinajstić information content (AvgIpc) is 2.26. The Balaban J connectivity index is 2.78. The van der Waals surface area contributed by atoms with E-state index < -0.39 is 17.4 Å². The number of hydrogen-bond acceptors (Lipinski definition) is 3. The molecular formula is C14H16O3. The molecule has 3 heteroatoms. The molecule has 0 spiro atoms. The van der Waals surface area contributed by atoms with Gasteiger partial charge in [-0.2, -0.15) is 0 Å². The smallest absolute Gasteiger partial charge is 0.342 e. The first kappa shape index (κ1) is 13.2. The Kier molecular flexibility index (Phi) is 3.84. The average molecular weight is 232 g/mol. The molecule has 1 aromatic carbocycles. The van der Waals surface area contributed by atoms with Crippen molar-refractivity contribution in [2.75, 3.05) is 0 Å². The molecule has 0 aliphatic carbocycles. The number of ketones is 1. The van der Waals surface area contributed by atoms with Gasteiger partial charge in [0.15, 0.2) is 5.78 Å². The van der Waals surface area contributed by atoms with Crippen molar-refractivity contribution >= 4 is 11.8 Å². The predicted octanol–water partition coefficient (Wildman–Crippen LogP) is 2.77. The van der Waals surface area contributed by atoms with E-state index in [4.69, 9.17) is 4.74 Å². The van der Waals surface area contributed by atoms with Gasteiger partial charge in [0.1, 0.15) is 11.2 Å². The largest absolute Gasteiger partial charge is 0.456 e. The van der Waals surface area contributed by atoms with E-state index in [1.54, 1.807) is 51.1 Å². The highest BCUT2D eigenvalue weighted by molar-refractivity contribution is 6.23. The minimum Gasteiger partial charge on any atom is -0.456 e. The zero-order valence-electron chi connectivity index (χ0n) is 10.3. The second-order valence-electron chi connectivity index (χ2n) is 4.68. The Morgan fingerprint density at radius 2 is 1.65 bits per heavy atom. The highest BCUT2D eigenvalue weighted by Gasteiger charge is 2.23. The second-order valence-corrected chi connectivity index (χ2v) is 4.68. The molecule has 0 saturated carbocycles. The van der Waals surface area contributed by atoms with Gasteiger partial charge in [0.2, 0.25) is 0 Å². The van der Waals surface area contributed by atoms with E-state index in [1.807, 2.05) is 0 Å². The van der Waals surface area contributed by atoms with E-state index in [1.165, 1.54) is 0 Å². The molecule has 0 N–H and O–H groups in total. The third kappa shape index (κ3) is 3.87. The highest BCUT2D eigenvalue weighted by Crippen LogP contribution is 2.13. The summed E-state index contributed by atoms with van der Waals surface area (Å²) >= 11 is 0. The lowest BCUT2D eigenvalue weighted by Crippen LogP contribution is -2.26. The van der Waals surface area contributed by atoms with Crippen LogP contribution in [0.25, 0.3) is 0 Å². The van der Waals surface area contributed by atoms with Crippen molar-refractivity contribution in [1.29, 1.82) is 0 Å². The number of Topliss-reactive ketones (excluding diaryl/α,β-unsaturated/α-hetero) is 1. The van der Waals surface area contributed by atoms with Crippen molar-refractivity contribution in [3.63, 3.8) is 0 Å². The highest BCUT2D eigenvalue weighted by atomic mass is 16.6. The van der Waals surface area contributed by atoms with E-state index in [2.05, 4.69) is 6.58 Å². The molecule has 0 aliphatic rings. The molecule has 1 rings (SSSR count). The summed E-state index contributed by atoms with van der Waals surface area (Å²) in [5.74, 6) is -1.08. The van der Waals surface area contributed by atoms with Crippen molar-refractivity contribution in [2.45, 2.75) is 26.4 Å². The van der Waals surface area contributed by atoms with Crippen molar-refractivity contribution in [3.8, 4) is 0 Å². The molecule has 0 amide bonds. The molecule has 90 valence electrons. The molecule has 0 atom stereocenters. The molecule has 0 aliphatic heterocycles. The summed E-state index contributed by atoms with van der Waals surface area (Å²) in [5.41, 5.74) is -0.341. The van der Waals surface area contributed by atoms with Crippen LogP contribution in [-0.4, -0.2) is 17.4 Å². The van der Waals surface area contributed by atoms with Gasteiger partial charge in [-0.1, -0.05) is 36.9 Å². The van der Waals surface area contributed by atoms with Crippen LogP contribution in [0, 0.1) is 0 Å². The van der Waals surface area contributed by atoms with Crippen molar-refractivity contribution in [3.05, 3.63) is 48.0 Å². The Bertz CT molecular complexity index is 438. The summed E-state index contributed by atoms with van der Waals surface area (Å²) in [6, 6.07) is 8.54. The van der Waals surface area contributed by atoms with Crippen LogP contribution in [0.1, 0.15) is 31.1 Å². The van der Waals surface area contributed by atoms with E-state index in [-0.39, 0.29) is 5.57 Å². The predicted molar refractivity (Wildman–Crippen MR) is 65.8 cm³/mol. The fourth-order valence-corrected chi connectivity index (χ4v) is 1.20. The lowest BCUT2D eigenvalue weighted by Gasteiger charge is -2.19. The summed E-state index contributed by atoms with van der Waals surface area (Å²) in [4.78, 5) is 23.5. The maximum absolute atomic E-state index is 11.9. The first-order chi connectivity index (χ1) is 7.81. The van der Waals surface area contributed by atoms with Gasteiger partial charge in [-0.3, -0.25) is 4.79 Å². The van der Waals surface area contributed by atoms with E-state index in [0.29, 0.717) is 5.56 Å². The Morgan fingerprint density at radius 1 is 1.12 bits per heavy atom. The number of rotatable bonds is 3. The normalized spacial score (nSPS) is 10.8. The zero-order chi connectivity index (χ0) is 13.1. The Morgan fingerprint density at radius 3 is 2.12 bits per heavy atom. The van der Waals surface area contributed by atoms with Gasteiger partial charge in [0.05, 0.1) is 0 Å². The SMILES string of the molecule is C=C(C(=O)OC(C)(C)C)C(=O)c1ccccc1. The summed E-state index contributed by atoms with van der Waals surface area (Å²) in [5, 5.41) is 0.